The van der Waals surface area contributed by atoms with Gasteiger partial charge in [0.15, 0.2) is 11.9 Å². The van der Waals surface area contributed by atoms with E-state index in [4.69, 9.17) is 9.47 Å². The van der Waals surface area contributed by atoms with Crippen molar-refractivity contribution in [2.24, 2.45) is 0 Å². The topological polar surface area (TPSA) is 91.6 Å². The van der Waals surface area contributed by atoms with Crippen molar-refractivity contribution in [2.75, 3.05) is 7.11 Å². The number of carbonyl (C=O) groups is 1. The minimum atomic E-state index is -0.608. The molecule has 108 valence electrons. The number of methoxy groups -OCH3 is 1. The quantitative estimate of drug-likeness (QED) is 0.476. The SMILES string of the molecule is COC(=O)c1c(Br)cccc1Oc1ccc([N+](=O)[O-])nc1. The molecule has 0 saturated carbocycles. The summed E-state index contributed by atoms with van der Waals surface area (Å²) in [6.07, 6.45) is 1.21. The third kappa shape index (κ3) is 3.34. The van der Waals surface area contributed by atoms with Crippen molar-refractivity contribution < 1.29 is 19.2 Å². The van der Waals surface area contributed by atoms with Gasteiger partial charge in [-0.25, -0.2) is 4.79 Å². The van der Waals surface area contributed by atoms with Crippen molar-refractivity contribution in [3.8, 4) is 11.5 Å². The largest absolute Gasteiger partial charge is 0.465 e. The second-order valence-electron chi connectivity index (χ2n) is 3.82. The molecule has 2 rings (SSSR count). The number of nitrogens with zero attached hydrogens (tertiary/aromatic N) is 2. The van der Waals surface area contributed by atoms with Gasteiger partial charge in [0, 0.05) is 10.5 Å². The maximum absolute atomic E-state index is 11.8. The zero-order valence-corrected chi connectivity index (χ0v) is 12.4. The molecule has 0 bridgehead atoms. The summed E-state index contributed by atoms with van der Waals surface area (Å²) in [6, 6.07) is 7.55. The number of benzene rings is 1. The van der Waals surface area contributed by atoms with E-state index in [1.807, 2.05) is 0 Å². The number of ether oxygens (including phenoxy) is 2. The molecule has 0 amide bonds. The van der Waals surface area contributed by atoms with Crippen molar-refractivity contribution in [1.82, 2.24) is 4.98 Å². The number of hydrogen-bond donors (Lipinski definition) is 0. The molecule has 0 fully saturated rings. The van der Waals surface area contributed by atoms with Gasteiger partial charge in [0.05, 0.1) is 7.11 Å². The molecular formula is C13H9BrN2O5. The van der Waals surface area contributed by atoms with Crippen LogP contribution in [0, 0.1) is 10.1 Å². The number of pyridine rings is 1. The standard InChI is InChI=1S/C13H9BrN2O5/c1-20-13(17)12-9(14)3-2-4-10(12)21-8-5-6-11(15-7-8)16(18)19/h2-7H,1H3. The molecule has 0 aliphatic carbocycles. The van der Waals surface area contributed by atoms with Gasteiger partial charge in [-0.1, -0.05) is 6.07 Å². The molecule has 0 unspecified atom stereocenters. The van der Waals surface area contributed by atoms with E-state index in [9.17, 15) is 14.9 Å². The lowest BCUT2D eigenvalue weighted by molar-refractivity contribution is -0.389. The average molecular weight is 353 g/mol. The van der Waals surface area contributed by atoms with Crippen LogP contribution in [0.1, 0.15) is 10.4 Å². The Morgan fingerprint density at radius 3 is 2.67 bits per heavy atom. The van der Waals surface area contributed by atoms with Gasteiger partial charge >= 0.3 is 11.8 Å². The Morgan fingerprint density at radius 1 is 1.33 bits per heavy atom. The number of halogens is 1. The van der Waals surface area contributed by atoms with E-state index in [-0.39, 0.29) is 22.9 Å². The minimum absolute atomic E-state index is 0.221. The van der Waals surface area contributed by atoms with Gasteiger partial charge in [0.25, 0.3) is 0 Å². The highest BCUT2D eigenvalue weighted by atomic mass is 79.9. The van der Waals surface area contributed by atoms with Crippen molar-refractivity contribution in [3.05, 3.63) is 56.7 Å². The van der Waals surface area contributed by atoms with Crippen LogP contribution in [-0.2, 0) is 4.74 Å². The summed E-state index contributed by atoms with van der Waals surface area (Å²) in [7, 11) is 1.26. The monoisotopic (exact) mass is 352 g/mol. The molecule has 0 radical (unpaired) electrons. The maximum Gasteiger partial charge on any atom is 0.363 e. The third-order valence-electron chi connectivity index (χ3n) is 2.50. The van der Waals surface area contributed by atoms with E-state index < -0.39 is 10.9 Å². The average Bonchev–Trinajstić information content (AvgIpc) is 2.47. The number of rotatable bonds is 4. The van der Waals surface area contributed by atoms with Crippen LogP contribution in [0.3, 0.4) is 0 Å². The van der Waals surface area contributed by atoms with Crippen molar-refractivity contribution in [2.45, 2.75) is 0 Å². The number of carbonyl (C=O) groups excluding carboxylic acids is 1. The Labute approximate surface area is 127 Å². The number of esters is 1. The molecule has 1 aromatic carbocycles. The predicted octanol–water partition coefficient (Wildman–Crippen LogP) is 3.33. The zero-order chi connectivity index (χ0) is 15.4. The summed E-state index contributed by atoms with van der Waals surface area (Å²) in [5, 5.41) is 10.5. The van der Waals surface area contributed by atoms with E-state index >= 15 is 0 Å². The van der Waals surface area contributed by atoms with Gasteiger partial charge in [0.2, 0.25) is 0 Å². The van der Waals surface area contributed by atoms with Crippen molar-refractivity contribution in [3.63, 3.8) is 0 Å². The lowest BCUT2D eigenvalue weighted by atomic mass is 10.2. The predicted molar refractivity (Wildman–Crippen MR) is 76.4 cm³/mol. The summed E-state index contributed by atoms with van der Waals surface area (Å²) >= 11 is 3.25. The van der Waals surface area contributed by atoms with Gasteiger partial charge in [-0.3, -0.25) is 0 Å². The van der Waals surface area contributed by atoms with Crippen LogP contribution in [0.4, 0.5) is 5.82 Å². The molecule has 8 heteroatoms. The molecular weight excluding hydrogens is 344 g/mol. The molecule has 0 aliphatic rings. The van der Waals surface area contributed by atoms with Gasteiger partial charge in [-0.15, -0.1) is 0 Å². The summed E-state index contributed by atoms with van der Waals surface area (Å²) < 4.78 is 10.7. The Hall–Kier alpha value is -2.48. The lowest BCUT2D eigenvalue weighted by Gasteiger charge is -2.10. The zero-order valence-electron chi connectivity index (χ0n) is 10.8. The van der Waals surface area contributed by atoms with Gasteiger partial charge in [-0.2, -0.15) is 0 Å². The minimum Gasteiger partial charge on any atom is -0.465 e. The smallest absolute Gasteiger partial charge is 0.363 e. The van der Waals surface area contributed by atoms with Crippen LogP contribution in [0.25, 0.3) is 0 Å². The normalized spacial score (nSPS) is 10.0. The molecule has 21 heavy (non-hydrogen) atoms. The Kier molecular flexibility index (Phi) is 4.49. The Morgan fingerprint density at radius 2 is 2.10 bits per heavy atom. The highest BCUT2D eigenvalue weighted by Crippen LogP contribution is 2.31. The van der Waals surface area contributed by atoms with E-state index in [0.717, 1.165) is 0 Å². The van der Waals surface area contributed by atoms with Crippen LogP contribution in [0.2, 0.25) is 0 Å². The first kappa shape index (κ1) is 14.9. The summed E-state index contributed by atoms with van der Waals surface area (Å²) in [5.41, 5.74) is 0.221. The van der Waals surface area contributed by atoms with Crippen molar-refractivity contribution in [1.29, 1.82) is 0 Å². The molecule has 0 saturated heterocycles. The number of hydrogen-bond acceptors (Lipinski definition) is 6. The molecule has 7 nitrogen and oxygen atoms in total. The van der Waals surface area contributed by atoms with E-state index in [2.05, 4.69) is 20.9 Å². The van der Waals surface area contributed by atoms with Gasteiger partial charge in [0.1, 0.15) is 11.3 Å². The first-order chi connectivity index (χ1) is 10.0. The first-order valence-corrected chi connectivity index (χ1v) is 6.47. The van der Waals surface area contributed by atoms with E-state index in [1.54, 1.807) is 18.2 Å². The first-order valence-electron chi connectivity index (χ1n) is 5.68. The molecule has 1 heterocycles. The van der Waals surface area contributed by atoms with Gasteiger partial charge in [-0.05, 0) is 44.0 Å². The Bertz CT molecular complexity index is 687. The fourth-order valence-electron chi connectivity index (χ4n) is 1.56. The maximum atomic E-state index is 11.8. The van der Waals surface area contributed by atoms with Crippen LogP contribution < -0.4 is 4.74 Å². The Balaban J connectivity index is 2.33. The van der Waals surface area contributed by atoms with E-state index in [1.165, 1.54) is 25.4 Å². The summed E-state index contributed by atoms with van der Waals surface area (Å²) in [6.45, 7) is 0. The second-order valence-corrected chi connectivity index (χ2v) is 4.67. The second kappa shape index (κ2) is 6.31. The fraction of sp³-hybridized carbons (Fsp3) is 0.0769. The molecule has 0 N–H and O–H groups in total. The van der Waals surface area contributed by atoms with Crippen molar-refractivity contribution >= 4 is 27.7 Å². The summed E-state index contributed by atoms with van der Waals surface area (Å²) in [5.74, 6) is -0.326. The van der Waals surface area contributed by atoms with E-state index in [0.29, 0.717) is 4.47 Å². The van der Waals surface area contributed by atoms with Crippen LogP contribution in [0.5, 0.6) is 11.5 Å². The molecule has 1 aromatic heterocycles. The van der Waals surface area contributed by atoms with Crippen LogP contribution >= 0.6 is 15.9 Å². The highest BCUT2D eigenvalue weighted by Gasteiger charge is 2.18. The number of aromatic nitrogens is 1. The van der Waals surface area contributed by atoms with Crippen LogP contribution in [-0.4, -0.2) is 23.0 Å². The third-order valence-corrected chi connectivity index (χ3v) is 3.16. The number of nitro groups is 1. The molecule has 0 aliphatic heterocycles. The molecule has 0 spiro atoms. The lowest BCUT2D eigenvalue weighted by Crippen LogP contribution is -2.05. The molecule has 2 aromatic rings. The van der Waals surface area contributed by atoms with Crippen LogP contribution in [0.15, 0.2) is 41.0 Å². The highest BCUT2D eigenvalue weighted by molar-refractivity contribution is 9.10. The molecule has 0 atom stereocenters. The summed E-state index contributed by atoms with van der Waals surface area (Å²) in [4.78, 5) is 25.3. The fourth-order valence-corrected chi connectivity index (χ4v) is 2.07. The van der Waals surface area contributed by atoms with Gasteiger partial charge < -0.3 is 19.6 Å².